The third kappa shape index (κ3) is 24.6. The van der Waals surface area contributed by atoms with Crippen molar-refractivity contribution in [3.63, 3.8) is 0 Å². The second kappa shape index (κ2) is 32.0. The van der Waals surface area contributed by atoms with Crippen LogP contribution in [0, 0.1) is 5.92 Å². The molecular formula is C41H73N19O13. The van der Waals surface area contributed by atoms with E-state index in [2.05, 4.69) is 52.2 Å². The zero-order valence-corrected chi connectivity index (χ0v) is 41.1. The van der Waals surface area contributed by atoms with Gasteiger partial charge in [0.15, 0.2) is 17.9 Å². The molecule has 0 unspecified atom stereocenters. The predicted octanol–water partition coefficient (Wildman–Crippen LogP) is -8.40. The number of primary amides is 1. The maximum atomic E-state index is 13.9. The van der Waals surface area contributed by atoms with Crippen LogP contribution in [0.1, 0.15) is 85.0 Å². The van der Waals surface area contributed by atoms with Crippen molar-refractivity contribution in [2.45, 2.75) is 133 Å². The van der Waals surface area contributed by atoms with Crippen molar-refractivity contribution >= 4 is 83.0 Å². The number of carbonyl (C=O) groups excluding carboxylic acids is 9. The van der Waals surface area contributed by atoms with Crippen LogP contribution in [0.25, 0.3) is 0 Å². The maximum absolute atomic E-state index is 13.9. The standard InChI is InChI=1S/C41H73N19O13/c1-19(2)30(43)37(72)56-22(9-5-13-51-40(46)47)33(68)55-21(8-4-12-50-39(44)45)32(67)54-20(3)31(66)58-25(17-28(62)63)35(70)59-24(16-27(42)61)34(69)57-23(10-6-14-52-41(48)49)38(73)60-15-7-11-26(60)36(71)53-18-29(64)65/h19-26,30H,4-18,43H2,1-3H3,(H2,42,61)(H,53,71)(H,54,67)(H,55,68)(H,56,72)(H,57,69)(H,58,66)(H,59,70)(H,62,63)(H,64,65)(H4,44,45,50)(H4,46,47,51)(H4,48,49,52)/t20-,21-,22-,23-,24-,25-,26-,30-/m0/s1. The van der Waals surface area contributed by atoms with Crippen LogP contribution in [0.15, 0.2) is 15.0 Å². The number of nitrogens with one attached hydrogen (secondary N) is 7. The summed E-state index contributed by atoms with van der Waals surface area (Å²) in [7, 11) is 0. The minimum absolute atomic E-state index is 0.00486. The highest BCUT2D eigenvalue weighted by molar-refractivity contribution is 6.00. The Bertz CT molecular complexity index is 2060. The van der Waals surface area contributed by atoms with E-state index in [4.69, 9.17) is 51.0 Å². The first-order chi connectivity index (χ1) is 34.1. The number of rotatable bonds is 33. The molecule has 25 N–H and O–H groups in total. The summed E-state index contributed by atoms with van der Waals surface area (Å²) in [5.41, 5.74) is 43.9. The van der Waals surface area contributed by atoms with E-state index in [0.29, 0.717) is 6.42 Å². The van der Waals surface area contributed by atoms with Gasteiger partial charge in [0.1, 0.15) is 48.8 Å². The van der Waals surface area contributed by atoms with E-state index in [1.54, 1.807) is 13.8 Å². The fourth-order valence-electron chi connectivity index (χ4n) is 6.95. The summed E-state index contributed by atoms with van der Waals surface area (Å²) in [6, 6.07) is -11.6. The van der Waals surface area contributed by atoms with E-state index in [-0.39, 0.29) is 94.9 Å². The van der Waals surface area contributed by atoms with E-state index < -0.39 is 133 Å². The number of carboxylic acids is 2. The molecule has 73 heavy (non-hydrogen) atoms. The van der Waals surface area contributed by atoms with Gasteiger partial charge in [0, 0.05) is 26.2 Å². The average Bonchev–Trinajstić information content (AvgIpc) is 3.79. The van der Waals surface area contributed by atoms with Gasteiger partial charge in [0.2, 0.25) is 53.2 Å². The Labute approximate surface area is 420 Å². The number of hydrogen-bond donors (Lipinski definition) is 17. The van der Waals surface area contributed by atoms with Gasteiger partial charge in [-0.1, -0.05) is 13.8 Å². The zero-order chi connectivity index (χ0) is 55.5. The molecule has 1 aliphatic rings. The number of hydrogen-bond acceptors (Lipinski definition) is 15. The first-order valence-electron chi connectivity index (χ1n) is 23.2. The van der Waals surface area contributed by atoms with Crippen LogP contribution in [0.3, 0.4) is 0 Å². The first kappa shape index (κ1) is 63.0. The minimum atomic E-state index is -1.98. The van der Waals surface area contributed by atoms with Gasteiger partial charge in [-0.15, -0.1) is 0 Å². The molecule has 32 heteroatoms. The molecule has 9 amide bonds. The van der Waals surface area contributed by atoms with Gasteiger partial charge in [-0.2, -0.15) is 0 Å². The molecule has 410 valence electrons. The molecule has 0 spiro atoms. The number of nitrogens with zero attached hydrogens (tertiary/aromatic N) is 4. The Kier molecular flexibility index (Phi) is 27.6. The zero-order valence-electron chi connectivity index (χ0n) is 41.1. The highest BCUT2D eigenvalue weighted by atomic mass is 16.4. The van der Waals surface area contributed by atoms with Crippen LogP contribution in [0.4, 0.5) is 0 Å². The van der Waals surface area contributed by atoms with Crippen LogP contribution in [0.5, 0.6) is 0 Å². The summed E-state index contributed by atoms with van der Waals surface area (Å²) in [6.07, 6.45) is -1.43. The lowest BCUT2D eigenvalue weighted by Crippen LogP contribution is -2.60. The molecule has 0 aromatic carbocycles. The Morgan fingerprint density at radius 3 is 1.41 bits per heavy atom. The van der Waals surface area contributed by atoms with E-state index in [9.17, 15) is 57.8 Å². The lowest BCUT2D eigenvalue weighted by molar-refractivity contribution is -0.143. The maximum Gasteiger partial charge on any atom is 0.322 e. The smallest absolute Gasteiger partial charge is 0.322 e. The third-order valence-electron chi connectivity index (χ3n) is 10.8. The Hall–Kier alpha value is -8.06. The second-order valence-corrected chi connectivity index (χ2v) is 17.2. The fraction of sp³-hybridized carbons (Fsp3) is 0.659. The van der Waals surface area contributed by atoms with Gasteiger partial charge in [0.25, 0.3) is 0 Å². The SMILES string of the molecule is CC(C)[C@H](N)C(=O)N[C@@H](CCCN=C(N)N)C(=O)N[C@@H](CCCN=C(N)N)C(=O)N[C@@H](C)C(=O)N[C@@H](CC(=O)O)C(=O)N[C@@H](CC(N)=O)C(=O)N[C@@H](CCCN=C(N)N)C(=O)N1CCC[C@H]1C(=O)NCC(=O)O. The molecule has 0 radical (unpaired) electrons. The molecule has 1 heterocycles. The van der Waals surface area contributed by atoms with Crippen molar-refractivity contribution in [3.8, 4) is 0 Å². The molecule has 8 atom stereocenters. The second-order valence-electron chi connectivity index (χ2n) is 17.2. The fourth-order valence-corrected chi connectivity index (χ4v) is 6.95. The molecule has 0 aromatic heterocycles. The van der Waals surface area contributed by atoms with E-state index in [1.807, 2.05) is 0 Å². The van der Waals surface area contributed by atoms with Crippen molar-refractivity contribution < 1.29 is 63.0 Å². The number of likely N-dealkylation sites (tertiary alicyclic amines) is 1. The molecule has 1 fully saturated rings. The molecule has 1 rings (SSSR count). The van der Waals surface area contributed by atoms with Gasteiger partial charge in [-0.25, -0.2) is 0 Å². The van der Waals surface area contributed by atoms with Crippen molar-refractivity contribution in [2.75, 3.05) is 32.7 Å². The first-order valence-corrected chi connectivity index (χ1v) is 23.2. The van der Waals surface area contributed by atoms with Crippen molar-refractivity contribution in [1.29, 1.82) is 0 Å². The average molecular weight is 1040 g/mol. The molecule has 0 bridgehead atoms. The quantitative estimate of drug-likeness (QED) is 0.0165. The normalized spacial score (nSPS) is 15.7. The topological polar surface area (TPSA) is 561 Å². The monoisotopic (exact) mass is 1040 g/mol. The van der Waals surface area contributed by atoms with Gasteiger partial charge in [-0.3, -0.25) is 67.7 Å². The Balaban J connectivity index is 3.40. The highest BCUT2D eigenvalue weighted by Crippen LogP contribution is 2.20. The molecule has 32 nitrogen and oxygen atoms in total. The minimum Gasteiger partial charge on any atom is -0.481 e. The summed E-state index contributed by atoms with van der Waals surface area (Å²) >= 11 is 0. The number of nitrogens with two attached hydrogens (primary N) is 8. The van der Waals surface area contributed by atoms with E-state index in [0.717, 1.165) is 11.8 Å². The van der Waals surface area contributed by atoms with Crippen LogP contribution in [-0.2, 0) is 52.7 Å². The summed E-state index contributed by atoms with van der Waals surface area (Å²) in [5.74, 6) is -12.8. The summed E-state index contributed by atoms with van der Waals surface area (Å²) < 4.78 is 0. The van der Waals surface area contributed by atoms with Crippen LogP contribution in [-0.4, -0.2) is 179 Å². The van der Waals surface area contributed by atoms with Crippen molar-refractivity contribution in [2.24, 2.45) is 66.8 Å². The number of aliphatic carboxylic acids is 2. The Morgan fingerprint density at radius 2 is 0.959 bits per heavy atom. The number of guanidine groups is 3. The molecule has 1 saturated heterocycles. The summed E-state index contributed by atoms with van der Waals surface area (Å²) in [4.78, 5) is 156. The van der Waals surface area contributed by atoms with Gasteiger partial charge >= 0.3 is 11.9 Å². The summed E-state index contributed by atoms with van der Waals surface area (Å²) in [6.45, 7) is 3.92. The largest absolute Gasteiger partial charge is 0.481 e. The molecule has 0 aromatic rings. The number of amides is 9. The summed E-state index contributed by atoms with van der Waals surface area (Å²) in [5, 5.41) is 35.2. The number of aliphatic imine (C=N–C) groups is 3. The number of carboxylic acid groups (broad SMARTS) is 2. The Morgan fingerprint density at radius 1 is 0.548 bits per heavy atom. The van der Waals surface area contributed by atoms with Gasteiger partial charge < -0.3 is 98.2 Å². The predicted molar refractivity (Wildman–Crippen MR) is 261 cm³/mol. The lowest BCUT2D eigenvalue weighted by Gasteiger charge is -2.30. The van der Waals surface area contributed by atoms with Crippen LogP contribution < -0.4 is 83.1 Å². The van der Waals surface area contributed by atoms with E-state index in [1.165, 1.54) is 0 Å². The van der Waals surface area contributed by atoms with Crippen molar-refractivity contribution in [1.82, 2.24) is 42.1 Å². The third-order valence-corrected chi connectivity index (χ3v) is 10.8. The lowest BCUT2D eigenvalue weighted by atomic mass is 10.0. The van der Waals surface area contributed by atoms with Gasteiger partial charge in [0.05, 0.1) is 18.9 Å². The van der Waals surface area contributed by atoms with Crippen molar-refractivity contribution in [3.05, 3.63) is 0 Å². The molecule has 0 aliphatic carbocycles. The molecule has 0 saturated carbocycles. The number of carbonyl (C=O) groups is 11. The van der Waals surface area contributed by atoms with E-state index >= 15 is 0 Å². The highest BCUT2D eigenvalue weighted by Gasteiger charge is 2.39. The van der Waals surface area contributed by atoms with Gasteiger partial charge in [-0.05, 0) is 64.2 Å². The molecular weight excluding hydrogens is 967 g/mol. The molecule has 1 aliphatic heterocycles. The van der Waals surface area contributed by atoms with Crippen LogP contribution >= 0.6 is 0 Å². The van der Waals surface area contributed by atoms with Crippen LogP contribution in [0.2, 0.25) is 0 Å².